The molecule has 0 aromatic rings. The molecule has 1 saturated carbocycles. The summed E-state index contributed by atoms with van der Waals surface area (Å²) in [5.74, 6) is 3.03. The van der Waals surface area contributed by atoms with Crippen LogP contribution in [0, 0.1) is 11.8 Å². The lowest BCUT2D eigenvalue weighted by atomic mass is 9.94. The van der Waals surface area contributed by atoms with Gasteiger partial charge in [0.05, 0.1) is 7.11 Å². The van der Waals surface area contributed by atoms with Gasteiger partial charge >= 0.3 is 5.97 Å². The van der Waals surface area contributed by atoms with Gasteiger partial charge in [0.1, 0.15) is 5.54 Å². The molecule has 1 rings (SSSR count). The maximum absolute atomic E-state index is 12.3. The molecule has 1 N–H and O–H groups in total. The maximum atomic E-state index is 12.3. The van der Waals surface area contributed by atoms with Gasteiger partial charge in [0.25, 0.3) is 0 Å². The van der Waals surface area contributed by atoms with Crippen molar-refractivity contribution in [1.29, 1.82) is 0 Å². The van der Waals surface area contributed by atoms with E-state index in [2.05, 4.69) is 33.0 Å². The van der Waals surface area contributed by atoms with Crippen molar-refractivity contribution in [3.05, 3.63) is 0 Å². The molecule has 1 atom stereocenters. The maximum Gasteiger partial charge on any atom is 0.327 e. The summed E-state index contributed by atoms with van der Waals surface area (Å²) in [5, 5.41) is 3.50. The van der Waals surface area contributed by atoms with Crippen LogP contribution in [0.2, 0.25) is 0 Å². The Morgan fingerprint density at radius 2 is 2.00 bits per heavy atom. The van der Waals surface area contributed by atoms with E-state index < -0.39 is 5.54 Å². The standard InChI is InChI=1S/C15H29NO2S/c1-11(2)8-9-19-10-15(13-6-7-13,14(17)18-5)16-12(3)4/h11-13,16H,6-10H2,1-5H3. The fraction of sp³-hybridized carbons (Fsp3) is 0.933. The molecule has 1 aliphatic rings. The third kappa shape index (κ3) is 4.99. The quantitative estimate of drug-likeness (QED) is 0.522. The highest BCUT2D eigenvalue weighted by molar-refractivity contribution is 7.99. The Morgan fingerprint density at radius 3 is 2.42 bits per heavy atom. The number of thioether (sulfide) groups is 1. The lowest BCUT2D eigenvalue weighted by molar-refractivity contribution is -0.148. The van der Waals surface area contributed by atoms with Gasteiger partial charge in [-0.3, -0.25) is 10.1 Å². The molecule has 0 amide bonds. The fourth-order valence-corrected chi connectivity index (χ4v) is 3.93. The average molecular weight is 287 g/mol. The van der Waals surface area contributed by atoms with E-state index in [0.29, 0.717) is 12.0 Å². The van der Waals surface area contributed by atoms with Crippen molar-refractivity contribution in [3.63, 3.8) is 0 Å². The molecule has 0 aromatic heterocycles. The lowest BCUT2D eigenvalue weighted by Gasteiger charge is -2.34. The van der Waals surface area contributed by atoms with Crippen LogP contribution in [0.3, 0.4) is 0 Å². The number of esters is 1. The number of methoxy groups -OCH3 is 1. The van der Waals surface area contributed by atoms with Crippen molar-refractivity contribution in [2.45, 2.75) is 58.5 Å². The van der Waals surface area contributed by atoms with Crippen LogP contribution in [0.25, 0.3) is 0 Å². The van der Waals surface area contributed by atoms with Crippen LogP contribution in [-0.2, 0) is 9.53 Å². The van der Waals surface area contributed by atoms with Crippen molar-refractivity contribution < 1.29 is 9.53 Å². The van der Waals surface area contributed by atoms with E-state index in [1.807, 2.05) is 11.8 Å². The van der Waals surface area contributed by atoms with Crippen LogP contribution < -0.4 is 5.32 Å². The highest BCUT2D eigenvalue weighted by Crippen LogP contribution is 2.42. The minimum absolute atomic E-state index is 0.0826. The molecular weight excluding hydrogens is 258 g/mol. The molecule has 0 spiro atoms. The summed E-state index contributed by atoms with van der Waals surface area (Å²) in [6.45, 7) is 8.67. The number of rotatable bonds is 9. The Labute approximate surface area is 122 Å². The molecule has 0 saturated heterocycles. The van der Waals surface area contributed by atoms with Crippen LogP contribution in [0.4, 0.5) is 0 Å². The molecule has 0 aliphatic heterocycles. The first-order chi connectivity index (χ1) is 8.92. The van der Waals surface area contributed by atoms with Crippen molar-refractivity contribution in [3.8, 4) is 0 Å². The van der Waals surface area contributed by atoms with Gasteiger partial charge in [-0.25, -0.2) is 0 Å². The van der Waals surface area contributed by atoms with E-state index in [4.69, 9.17) is 4.74 Å². The number of hydrogen-bond acceptors (Lipinski definition) is 4. The summed E-state index contributed by atoms with van der Waals surface area (Å²) in [4.78, 5) is 12.3. The second kappa shape index (κ2) is 7.53. The van der Waals surface area contributed by atoms with E-state index in [-0.39, 0.29) is 5.97 Å². The molecule has 0 radical (unpaired) electrons. The van der Waals surface area contributed by atoms with Crippen molar-refractivity contribution >= 4 is 17.7 Å². The molecule has 0 heterocycles. The lowest BCUT2D eigenvalue weighted by Crippen LogP contribution is -2.59. The highest BCUT2D eigenvalue weighted by Gasteiger charge is 2.51. The number of nitrogens with one attached hydrogen (secondary N) is 1. The van der Waals surface area contributed by atoms with E-state index in [1.54, 1.807) is 0 Å². The molecule has 1 unspecified atom stereocenters. The minimum Gasteiger partial charge on any atom is -0.468 e. The second-order valence-corrected chi connectivity index (χ2v) is 7.38. The van der Waals surface area contributed by atoms with Crippen molar-refractivity contribution in [2.24, 2.45) is 11.8 Å². The summed E-state index contributed by atoms with van der Waals surface area (Å²) in [6.07, 6.45) is 3.48. The van der Waals surface area contributed by atoms with Crippen LogP contribution in [0.1, 0.15) is 47.0 Å². The fourth-order valence-electron chi connectivity index (χ4n) is 2.39. The normalized spacial score (nSPS) is 18.7. The highest BCUT2D eigenvalue weighted by atomic mass is 32.2. The number of ether oxygens (including phenoxy) is 1. The van der Waals surface area contributed by atoms with Crippen LogP contribution in [0.15, 0.2) is 0 Å². The summed E-state index contributed by atoms with van der Waals surface area (Å²) >= 11 is 1.88. The van der Waals surface area contributed by atoms with Gasteiger partial charge in [0.15, 0.2) is 0 Å². The Balaban J connectivity index is 2.64. The molecule has 4 heteroatoms. The van der Waals surface area contributed by atoms with Crippen LogP contribution in [-0.4, -0.2) is 36.2 Å². The number of carbonyl (C=O) groups is 1. The molecule has 1 aliphatic carbocycles. The number of hydrogen-bond donors (Lipinski definition) is 1. The molecule has 19 heavy (non-hydrogen) atoms. The van der Waals surface area contributed by atoms with Gasteiger partial charge in [-0.05, 0) is 50.7 Å². The zero-order valence-electron chi connectivity index (χ0n) is 13.0. The van der Waals surface area contributed by atoms with E-state index in [1.165, 1.54) is 13.5 Å². The molecule has 1 fully saturated rings. The molecule has 112 valence electrons. The van der Waals surface area contributed by atoms with Gasteiger partial charge in [-0.2, -0.15) is 11.8 Å². The average Bonchev–Trinajstić information content (AvgIpc) is 3.15. The predicted octanol–water partition coefficient (Wildman–Crippen LogP) is 3.09. The SMILES string of the molecule is COC(=O)C(CSCCC(C)C)(NC(C)C)C1CC1. The van der Waals surface area contributed by atoms with Crippen LogP contribution in [0.5, 0.6) is 0 Å². The minimum atomic E-state index is -0.468. The Morgan fingerprint density at radius 1 is 1.37 bits per heavy atom. The molecule has 0 aromatic carbocycles. The summed E-state index contributed by atoms with van der Waals surface area (Å²) in [6, 6.07) is 0.297. The van der Waals surface area contributed by atoms with Crippen molar-refractivity contribution in [1.82, 2.24) is 5.32 Å². The van der Waals surface area contributed by atoms with E-state index in [9.17, 15) is 4.79 Å². The molecular formula is C15H29NO2S. The van der Waals surface area contributed by atoms with Crippen molar-refractivity contribution in [2.75, 3.05) is 18.6 Å². The topological polar surface area (TPSA) is 38.3 Å². The second-order valence-electron chi connectivity index (χ2n) is 6.27. The first-order valence-electron chi connectivity index (χ1n) is 7.36. The van der Waals surface area contributed by atoms with Gasteiger partial charge < -0.3 is 4.74 Å². The van der Waals surface area contributed by atoms with Crippen LogP contribution >= 0.6 is 11.8 Å². The smallest absolute Gasteiger partial charge is 0.327 e. The molecule has 0 bridgehead atoms. The summed E-state index contributed by atoms with van der Waals surface area (Å²) < 4.78 is 5.08. The summed E-state index contributed by atoms with van der Waals surface area (Å²) in [5.41, 5.74) is -0.468. The monoisotopic (exact) mass is 287 g/mol. The van der Waals surface area contributed by atoms with Gasteiger partial charge in [0, 0.05) is 11.8 Å². The first kappa shape index (κ1) is 16.8. The van der Waals surface area contributed by atoms with E-state index in [0.717, 1.165) is 30.3 Å². The third-order valence-corrected chi connectivity index (χ3v) is 4.72. The Bertz CT molecular complexity index is 290. The summed E-state index contributed by atoms with van der Waals surface area (Å²) in [7, 11) is 1.50. The zero-order chi connectivity index (χ0) is 14.5. The van der Waals surface area contributed by atoms with E-state index >= 15 is 0 Å². The largest absolute Gasteiger partial charge is 0.468 e. The molecule has 3 nitrogen and oxygen atoms in total. The Hall–Kier alpha value is -0.220. The number of carbonyl (C=O) groups excluding carboxylic acids is 1. The Kier molecular flexibility index (Phi) is 6.67. The third-order valence-electron chi connectivity index (χ3n) is 3.54. The predicted molar refractivity (Wildman–Crippen MR) is 82.5 cm³/mol. The van der Waals surface area contributed by atoms with Gasteiger partial charge in [-0.1, -0.05) is 13.8 Å². The zero-order valence-corrected chi connectivity index (χ0v) is 13.8. The first-order valence-corrected chi connectivity index (χ1v) is 8.51. The van der Waals surface area contributed by atoms with Gasteiger partial charge in [-0.15, -0.1) is 0 Å². The van der Waals surface area contributed by atoms with Gasteiger partial charge in [0.2, 0.25) is 0 Å².